The maximum absolute atomic E-state index is 11.5. The summed E-state index contributed by atoms with van der Waals surface area (Å²) in [4.78, 5) is 16.1. The van der Waals surface area contributed by atoms with Crippen LogP contribution in [0.25, 0.3) is 11.1 Å². The Morgan fingerprint density at radius 3 is 2.46 bits per heavy atom. The van der Waals surface area contributed by atoms with Crippen molar-refractivity contribution < 1.29 is 9.53 Å². The number of rotatable bonds is 9. The molecule has 1 aromatic rings. The van der Waals surface area contributed by atoms with Crippen LogP contribution in [-0.2, 0) is 16.6 Å². The average Bonchev–Trinajstić information content (AvgIpc) is 3.39. The molecule has 7 nitrogen and oxygen atoms in total. The van der Waals surface area contributed by atoms with E-state index in [4.69, 9.17) is 16.6 Å². The van der Waals surface area contributed by atoms with Gasteiger partial charge in [0.1, 0.15) is 5.82 Å². The molecule has 1 saturated carbocycles. The number of aryl methyl sites for hydroxylation is 1. The highest BCUT2D eigenvalue weighted by Gasteiger charge is 2.21. The molecule has 0 bridgehead atoms. The van der Waals surface area contributed by atoms with Crippen LogP contribution in [0, 0.1) is 22.7 Å². The van der Waals surface area contributed by atoms with Crippen molar-refractivity contribution in [1.82, 2.24) is 9.55 Å². The van der Waals surface area contributed by atoms with Crippen molar-refractivity contribution in [2.24, 2.45) is 24.6 Å². The number of nitrogens with one attached hydrogen (secondary N) is 2. The summed E-state index contributed by atoms with van der Waals surface area (Å²) in [6.07, 6.45) is 13.4. The SMILES string of the molecule is C=C(/C=C(N)\C(C=N)=C(/C)c1nc(/C(C)=C/C(C)=N)cn1C)C(=O)OC.CCCC1CCCC1C. The number of imidazole rings is 1. The van der Waals surface area contributed by atoms with Crippen LogP contribution in [0.1, 0.15) is 78.2 Å². The lowest BCUT2D eigenvalue weighted by molar-refractivity contribution is -0.135. The van der Waals surface area contributed by atoms with Crippen molar-refractivity contribution in [2.75, 3.05) is 7.11 Å². The van der Waals surface area contributed by atoms with Gasteiger partial charge in [0.25, 0.3) is 0 Å². The number of nitrogens with zero attached hydrogens (tertiary/aromatic N) is 2. The molecule has 1 aliphatic carbocycles. The van der Waals surface area contributed by atoms with Gasteiger partial charge in [-0.05, 0) is 50.3 Å². The fourth-order valence-corrected chi connectivity index (χ4v) is 4.41. The van der Waals surface area contributed by atoms with Gasteiger partial charge in [0.2, 0.25) is 0 Å². The lowest BCUT2D eigenvalue weighted by atomic mass is 9.94. The number of carbonyl (C=O) groups excluding carboxylic acids is 1. The minimum absolute atomic E-state index is 0.0953. The van der Waals surface area contributed by atoms with Crippen LogP contribution in [0.15, 0.2) is 41.8 Å². The molecule has 1 heterocycles. The molecule has 2 rings (SSSR count). The lowest BCUT2D eigenvalue weighted by Gasteiger charge is -2.12. The van der Waals surface area contributed by atoms with Crippen molar-refractivity contribution in [3.05, 3.63) is 53.3 Å². The van der Waals surface area contributed by atoms with E-state index >= 15 is 0 Å². The number of nitrogens with two attached hydrogens (primary N) is 1. The van der Waals surface area contributed by atoms with Crippen molar-refractivity contribution in [2.45, 2.75) is 66.7 Å². The van der Waals surface area contributed by atoms with E-state index in [-0.39, 0.29) is 11.3 Å². The van der Waals surface area contributed by atoms with Gasteiger partial charge in [-0.25, -0.2) is 9.78 Å². The fourth-order valence-electron chi connectivity index (χ4n) is 4.41. The molecular formula is C28H43N5O2. The van der Waals surface area contributed by atoms with Crippen molar-refractivity contribution in [1.29, 1.82) is 10.8 Å². The summed E-state index contributed by atoms with van der Waals surface area (Å²) in [7, 11) is 3.10. The predicted molar refractivity (Wildman–Crippen MR) is 146 cm³/mol. The second-order valence-corrected chi connectivity index (χ2v) is 9.33. The van der Waals surface area contributed by atoms with Gasteiger partial charge in [-0.2, -0.15) is 0 Å². The van der Waals surface area contributed by atoms with E-state index in [0.717, 1.165) is 29.3 Å². The van der Waals surface area contributed by atoms with E-state index in [1.807, 2.05) is 24.7 Å². The van der Waals surface area contributed by atoms with Gasteiger partial charge < -0.3 is 25.9 Å². The molecular weight excluding hydrogens is 438 g/mol. The Hall–Kier alpha value is -3.22. The molecule has 35 heavy (non-hydrogen) atoms. The van der Waals surface area contributed by atoms with Crippen LogP contribution in [0.3, 0.4) is 0 Å². The Bertz CT molecular complexity index is 1030. The molecule has 7 heteroatoms. The molecule has 1 aliphatic rings. The van der Waals surface area contributed by atoms with Gasteiger partial charge in [-0.3, -0.25) is 0 Å². The number of hydrogen-bond donors (Lipinski definition) is 3. The standard InChI is InChI=1S/C19H25N5O2.C9H18/c1-11(7-13(3)21)17-10-24(5)18(23-17)14(4)15(9-20)16(22)8-12(2)19(25)26-6;1-3-5-9-7-4-6-8(9)2/h7-10,20-21H,2,22H2,1,3-6H3;8-9H,3-7H2,1-2H3/b11-7+,15-14+,16-8+,20-9?,21-13?;. The Balaban J connectivity index is 0.000000566. The van der Waals surface area contributed by atoms with Crippen molar-refractivity contribution in [3.8, 4) is 0 Å². The van der Waals surface area contributed by atoms with Crippen LogP contribution < -0.4 is 5.73 Å². The Labute approximate surface area is 210 Å². The van der Waals surface area contributed by atoms with E-state index < -0.39 is 5.97 Å². The molecule has 2 unspecified atom stereocenters. The molecule has 0 radical (unpaired) electrons. The zero-order valence-corrected chi connectivity index (χ0v) is 22.5. The van der Waals surface area contributed by atoms with Crippen LogP contribution >= 0.6 is 0 Å². The van der Waals surface area contributed by atoms with Gasteiger partial charge in [0.15, 0.2) is 0 Å². The first kappa shape index (κ1) is 29.8. The third kappa shape index (κ3) is 8.81. The second-order valence-electron chi connectivity index (χ2n) is 9.33. The first-order valence-corrected chi connectivity index (χ1v) is 12.2. The zero-order valence-electron chi connectivity index (χ0n) is 22.5. The van der Waals surface area contributed by atoms with Gasteiger partial charge in [0.05, 0.1) is 18.4 Å². The number of methoxy groups -OCH3 is 1. The van der Waals surface area contributed by atoms with Crippen LogP contribution in [0.5, 0.6) is 0 Å². The number of carbonyl (C=O) groups is 1. The molecule has 1 aromatic heterocycles. The van der Waals surface area contributed by atoms with Crippen LogP contribution in [-0.4, -0.2) is 34.6 Å². The molecule has 4 N–H and O–H groups in total. The predicted octanol–water partition coefficient (Wildman–Crippen LogP) is 6.08. The first-order chi connectivity index (χ1) is 16.5. The largest absolute Gasteiger partial charge is 0.465 e. The molecule has 0 aromatic carbocycles. The third-order valence-electron chi connectivity index (χ3n) is 6.38. The Morgan fingerprint density at radius 1 is 1.31 bits per heavy atom. The molecule has 0 aliphatic heterocycles. The van der Waals surface area contributed by atoms with Gasteiger partial charge in [-0.1, -0.05) is 52.5 Å². The second kappa shape index (κ2) is 14.2. The minimum atomic E-state index is -0.586. The molecule has 1 fully saturated rings. The molecule has 0 saturated heterocycles. The highest BCUT2D eigenvalue weighted by molar-refractivity contribution is 5.97. The number of allylic oxidation sites excluding steroid dienone is 4. The number of aromatic nitrogens is 2. The summed E-state index contributed by atoms with van der Waals surface area (Å²) in [6, 6.07) is 0. The van der Waals surface area contributed by atoms with E-state index in [1.165, 1.54) is 45.3 Å². The molecule has 2 atom stereocenters. The zero-order chi connectivity index (χ0) is 26.7. The topological polar surface area (TPSA) is 118 Å². The average molecular weight is 482 g/mol. The van der Waals surface area contributed by atoms with E-state index in [2.05, 4.69) is 30.1 Å². The van der Waals surface area contributed by atoms with E-state index in [9.17, 15) is 4.79 Å². The lowest BCUT2D eigenvalue weighted by Crippen LogP contribution is -2.09. The monoisotopic (exact) mass is 481 g/mol. The van der Waals surface area contributed by atoms with E-state index in [1.54, 1.807) is 19.9 Å². The van der Waals surface area contributed by atoms with Gasteiger partial charge >= 0.3 is 5.97 Å². The quantitative estimate of drug-likeness (QED) is 0.171. The minimum Gasteiger partial charge on any atom is -0.465 e. The van der Waals surface area contributed by atoms with E-state index in [0.29, 0.717) is 22.7 Å². The maximum atomic E-state index is 11.5. The summed E-state index contributed by atoms with van der Waals surface area (Å²) in [6.45, 7) is 13.7. The molecule has 0 spiro atoms. The Kier molecular flexibility index (Phi) is 12.1. The molecule has 0 amide bonds. The van der Waals surface area contributed by atoms with Crippen LogP contribution in [0.4, 0.5) is 0 Å². The first-order valence-electron chi connectivity index (χ1n) is 12.2. The van der Waals surface area contributed by atoms with Gasteiger partial charge in [0, 0.05) is 42.0 Å². The number of esters is 1. The third-order valence-corrected chi connectivity index (χ3v) is 6.38. The fraction of sp³-hybridized carbons (Fsp3) is 0.500. The summed E-state index contributed by atoms with van der Waals surface area (Å²) >= 11 is 0. The van der Waals surface area contributed by atoms with Crippen LogP contribution in [0.2, 0.25) is 0 Å². The van der Waals surface area contributed by atoms with Crippen molar-refractivity contribution >= 4 is 29.0 Å². The summed E-state index contributed by atoms with van der Waals surface area (Å²) < 4.78 is 6.43. The highest BCUT2D eigenvalue weighted by atomic mass is 16.5. The normalized spacial score (nSPS) is 18.8. The summed E-state index contributed by atoms with van der Waals surface area (Å²) in [5.41, 5.74) is 9.52. The number of ether oxygens (including phenoxy) is 1. The van der Waals surface area contributed by atoms with Gasteiger partial charge in [-0.15, -0.1) is 0 Å². The maximum Gasteiger partial charge on any atom is 0.337 e. The number of hydrogen-bond acceptors (Lipinski definition) is 6. The smallest absolute Gasteiger partial charge is 0.337 e. The van der Waals surface area contributed by atoms with Crippen molar-refractivity contribution in [3.63, 3.8) is 0 Å². The Morgan fingerprint density at radius 2 is 1.97 bits per heavy atom. The summed E-state index contributed by atoms with van der Waals surface area (Å²) in [5, 5.41) is 15.3. The summed E-state index contributed by atoms with van der Waals surface area (Å²) in [5.74, 6) is 2.16. The molecule has 192 valence electrons. The highest BCUT2D eigenvalue weighted by Crippen LogP contribution is 2.34.